The highest BCUT2D eigenvalue weighted by atomic mass is 35.5. The Hall–Kier alpha value is -2.76. The van der Waals surface area contributed by atoms with Crippen molar-refractivity contribution in [2.45, 2.75) is 25.4 Å². The van der Waals surface area contributed by atoms with E-state index in [1.165, 1.54) is 0 Å². The molecule has 2 saturated heterocycles. The number of fused-ring (bicyclic) bond motifs is 1. The quantitative estimate of drug-likeness (QED) is 0.446. The molecule has 4 aliphatic rings. The lowest BCUT2D eigenvalue weighted by atomic mass is 9.96. The van der Waals surface area contributed by atoms with Gasteiger partial charge in [0.1, 0.15) is 22.1 Å². The maximum atomic E-state index is 13.1. The maximum Gasteiger partial charge on any atom is 0.297 e. The lowest BCUT2D eigenvalue weighted by Gasteiger charge is -2.34. The molecule has 2 fully saturated rings. The van der Waals surface area contributed by atoms with Crippen LogP contribution in [0.3, 0.4) is 0 Å². The number of nitrogens with one attached hydrogen (secondary N) is 2. The molecule has 5 heterocycles. The van der Waals surface area contributed by atoms with Crippen LogP contribution in [0.1, 0.15) is 18.6 Å². The van der Waals surface area contributed by atoms with Gasteiger partial charge in [0, 0.05) is 18.5 Å². The molecule has 204 valence electrons. The lowest BCUT2D eigenvalue weighted by Crippen LogP contribution is -2.41. The molecule has 1 aromatic heterocycles. The molecule has 4 aliphatic heterocycles. The molecule has 12 heteroatoms. The number of hydrogen-bond acceptors (Lipinski definition) is 7. The third-order valence-corrected chi connectivity index (χ3v) is 8.25. The highest BCUT2D eigenvalue weighted by molar-refractivity contribution is 7.90. The second-order valence-corrected chi connectivity index (χ2v) is 11.0. The van der Waals surface area contributed by atoms with Gasteiger partial charge in [0.15, 0.2) is 0 Å². The fourth-order valence-corrected chi connectivity index (χ4v) is 6.38. The molecule has 1 unspecified atom stereocenters. The Morgan fingerprint density at radius 2 is 1.95 bits per heavy atom. The summed E-state index contributed by atoms with van der Waals surface area (Å²) in [4.78, 5) is 17.0. The first kappa shape index (κ1) is 28.3. The van der Waals surface area contributed by atoms with Crippen LogP contribution in [-0.4, -0.2) is 60.9 Å². The van der Waals surface area contributed by atoms with Gasteiger partial charge in [0.2, 0.25) is 0 Å². The highest BCUT2D eigenvalue weighted by Gasteiger charge is 2.41. The zero-order valence-corrected chi connectivity index (χ0v) is 22.9. The van der Waals surface area contributed by atoms with Crippen molar-refractivity contribution in [3.63, 3.8) is 0 Å². The molecule has 3 N–H and O–H groups in total. The van der Waals surface area contributed by atoms with Gasteiger partial charge in [-0.2, -0.15) is 8.42 Å². The number of furan rings is 1. The minimum Gasteiger partial charge on any atom is -0.460 e. The Morgan fingerprint density at radius 3 is 2.68 bits per heavy atom. The number of carbonyl (C=O) groups is 1. The zero-order chi connectivity index (χ0) is 24.9. The van der Waals surface area contributed by atoms with E-state index in [0.29, 0.717) is 24.7 Å². The third kappa shape index (κ3) is 5.37. The first-order valence-corrected chi connectivity index (χ1v) is 13.6. The molecular formula is C26H30Cl2N4O5S. The van der Waals surface area contributed by atoms with Crippen molar-refractivity contribution in [3.05, 3.63) is 82.4 Å². The molecule has 38 heavy (non-hydrogen) atoms. The summed E-state index contributed by atoms with van der Waals surface area (Å²) in [7, 11) is -4.61. The van der Waals surface area contributed by atoms with Gasteiger partial charge in [-0.25, -0.2) is 0 Å². The molecule has 0 radical (unpaired) electrons. The van der Waals surface area contributed by atoms with Crippen molar-refractivity contribution in [2.24, 2.45) is 5.92 Å². The molecule has 9 nitrogen and oxygen atoms in total. The number of hydrogen-bond donors (Lipinski definition) is 3. The van der Waals surface area contributed by atoms with E-state index in [-0.39, 0.29) is 41.3 Å². The molecule has 0 spiro atoms. The summed E-state index contributed by atoms with van der Waals surface area (Å²) in [5.74, 6) is 1.52. The molecule has 1 amide bonds. The topological polar surface area (TPSA) is 115 Å². The lowest BCUT2D eigenvalue weighted by molar-refractivity contribution is -0.117. The van der Waals surface area contributed by atoms with Crippen molar-refractivity contribution < 1.29 is 22.2 Å². The Morgan fingerprint density at radius 1 is 1.18 bits per heavy atom. The van der Waals surface area contributed by atoms with E-state index in [0.717, 1.165) is 55.0 Å². The number of piperidine rings is 1. The molecule has 1 aromatic carbocycles. The summed E-state index contributed by atoms with van der Waals surface area (Å²) in [5.41, 5.74) is 1.22. The predicted octanol–water partition coefficient (Wildman–Crippen LogP) is 3.33. The Balaban J connectivity index is 0.00000168. The first-order chi connectivity index (χ1) is 17.4. The van der Waals surface area contributed by atoms with Crippen molar-refractivity contribution in [2.75, 3.05) is 26.2 Å². The van der Waals surface area contributed by atoms with Crippen LogP contribution in [0, 0.1) is 5.92 Å². The van der Waals surface area contributed by atoms with E-state index in [1.54, 1.807) is 23.1 Å². The van der Waals surface area contributed by atoms with Gasteiger partial charge in [0.25, 0.3) is 16.0 Å². The zero-order valence-electron chi connectivity index (χ0n) is 20.5. The summed E-state index contributed by atoms with van der Waals surface area (Å²) in [6.45, 7) is 3.54. The number of halogens is 2. The molecular weight excluding hydrogens is 551 g/mol. The summed E-state index contributed by atoms with van der Waals surface area (Å²) >= 11 is 0. The summed E-state index contributed by atoms with van der Waals surface area (Å²) in [5, 5.41) is 7.25. The fourth-order valence-electron chi connectivity index (χ4n) is 5.51. The Bertz CT molecular complexity index is 1420. The molecule has 0 bridgehead atoms. The van der Waals surface area contributed by atoms with Crippen LogP contribution in [0.25, 0.3) is 11.0 Å². The van der Waals surface area contributed by atoms with Crippen molar-refractivity contribution in [1.29, 1.82) is 0 Å². The number of carbonyl (C=O) groups excluding carboxylic acids is 1. The first-order valence-electron chi connectivity index (χ1n) is 12.2. The minimum absolute atomic E-state index is 0. The van der Waals surface area contributed by atoms with Crippen LogP contribution in [0.5, 0.6) is 0 Å². The average molecular weight is 582 g/mol. The monoisotopic (exact) mass is 580 g/mol. The van der Waals surface area contributed by atoms with E-state index in [9.17, 15) is 17.8 Å². The van der Waals surface area contributed by atoms with Crippen molar-refractivity contribution >= 4 is 51.8 Å². The minimum atomic E-state index is -4.61. The number of likely N-dealkylation sites (tertiary alicyclic amines) is 1. The highest BCUT2D eigenvalue weighted by Crippen LogP contribution is 2.37. The number of benzene rings is 1. The average Bonchev–Trinajstić information content (AvgIpc) is 3.47. The van der Waals surface area contributed by atoms with E-state index in [4.69, 9.17) is 4.42 Å². The van der Waals surface area contributed by atoms with Crippen LogP contribution in [0.15, 0.2) is 81.0 Å². The number of amides is 1. The van der Waals surface area contributed by atoms with Gasteiger partial charge in [-0.15, -0.1) is 24.8 Å². The van der Waals surface area contributed by atoms with Crippen LogP contribution < -0.4 is 10.6 Å². The Labute approximate surface area is 233 Å². The van der Waals surface area contributed by atoms with Crippen LogP contribution >= 0.6 is 24.8 Å². The fraction of sp³-hybridized carbons (Fsp3) is 0.346. The number of para-hydroxylation sites is 1. The van der Waals surface area contributed by atoms with E-state index < -0.39 is 16.0 Å². The molecule has 1 atom stereocenters. The maximum absolute atomic E-state index is 13.1. The number of nitrogens with zero attached hydrogens (tertiary/aromatic N) is 2. The SMILES string of the molecule is Cl.Cl.O=C(NCC1CCN(Cc2cc3ccccc3o2)CC1)C1=CC2CNC3=CC=CC(=C1S(=O)(=O)O)N32. The van der Waals surface area contributed by atoms with Crippen LogP contribution in [0.2, 0.25) is 0 Å². The van der Waals surface area contributed by atoms with Crippen LogP contribution in [0.4, 0.5) is 0 Å². The van der Waals surface area contributed by atoms with E-state index in [1.807, 2.05) is 30.3 Å². The summed E-state index contributed by atoms with van der Waals surface area (Å²) < 4.78 is 40.5. The second kappa shape index (κ2) is 11.2. The smallest absolute Gasteiger partial charge is 0.297 e. The van der Waals surface area contributed by atoms with Crippen LogP contribution in [-0.2, 0) is 21.5 Å². The number of allylic oxidation sites excluding steroid dienone is 3. The van der Waals surface area contributed by atoms with Gasteiger partial charge >= 0.3 is 0 Å². The summed E-state index contributed by atoms with van der Waals surface area (Å²) in [6, 6.07) is 9.88. The van der Waals surface area contributed by atoms with Crippen molar-refractivity contribution in [1.82, 2.24) is 20.4 Å². The van der Waals surface area contributed by atoms with E-state index >= 15 is 0 Å². The van der Waals surface area contributed by atoms with Gasteiger partial charge < -0.3 is 20.0 Å². The largest absolute Gasteiger partial charge is 0.460 e. The third-order valence-electron chi connectivity index (χ3n) is 7.30. The summed E-state index contributed by atoms with van der Waals surface area (Å²) in [6.07, 6.45) is 8.63. The molecule has 2 aromatic rings. The predicted molar refractivity (Wildman–Crippen MR) is 149 cm³/mol. The second-order valence-electron chi connectivity index (χ2n) is 9.68. The van der Waals surface area contributed by atoms with E-state index in [2.05, 4.69) is 21.6 Å². The van der Waals surface area contributed by atoms with Gasteiger partial charge in [0.05, 0.1) is 23.9 Å². The van der Waals surface area contributed by atoms with Crippen molar-refractivity contribution in [3.8, 4) is 0 Å². The number of rotatable bonds is 6. The van der Waals surface area contributed by atoms with Gasteiger partial charge in [-0.3, -0.25) is 14.2 Å². The standard InChI is InChI=1S/C26H28N4O5S.2ClH/c31-26(21-13-19-15-27-24-7-3-5-22(30(19)24)25(21)36(32,33)34)28-14-17-8-10-29(11-9-17)16-20-12-18-4-1-2-6-23(18)35-20;;/h1-7,12-13,17,19,27H,8-11,14-16H2,(H,28,31)(H,32,33,34);2*1H. The molecule has 0 saturated carbocycles. The normalized spacial score (nSPS) is 21.2. The van der Waals surface area contributed by atoms with Gasteiger partial charge in [-0.1, -0.05) is 24.3 Å². The molecule has 0 aliphatic carbocycles. The Kier molecular flexibility index (Phi) is 8.29. The van der Waals surface area contributed by atoms with Gasteiger partial charge in [-0.05, 0) is 62.2 Å². The molecule has 6 rings (SSSR count).